The van der Waals surface area contributed by atoms with Crippen LogP contribution in [0, 0.1) is 11.7 Å². The molecule has 1 heterocycles. The zero-order valence-electron chi connectivity index (χ0n) is 14.0. The predicted molar refractivity (Wildman–Crippen MR) is 94.0 cm³/mol. The van der Waals surface area contributed by atoms with Gasteiger partial charge in [-0.1, -0.05) is 17.7 Å². The molecule has 134 valence electrons. The van der Waals surface area contributed by atoms with Gasteiger partial charge in [-0.2, -0.15) is 0 Å². The van der Waals surface area contributed by atoms with E-state index < -0.39 is 0 Å². The molecule has 0 aromatic heterocycles. The topological polar surface area (TPSA) is 41.5 Å². The van der Waals surface area contributed by atoms with Gasteiger partial charge in [-0.3, -0.25) is 0 Å². The number of benzene rings is 1. The molecule has 2 unspecified atom stereocenters. The second kappa shape index (κ2) is 8.61. The molecule has 1 aromatic carbocycles. The summed E-state index contributed by atoms with van der Waals surface area (Å²) in [5.74, 6) is 0.920. The van der Waals surface area contributed by atoms with Crippen molar-refractivity contribution in [3.05, 3.63) is 34.6 Å². The van der Waals surface area contributed by atoms with E-state index in [9.17, 15) is 9.50 Å². The van der Waals surface area contributed by atoms with Gasteiger partial charge >= 0.3 is 0 Å². The highest BCUT2D eigenvalue weighted by Gasteiger charge is 2.26. The van der Waals surface area contributed by atoms with Crippen LogP contribution in [0.1, 0.15) is 50.0 Å². The summed E-state index contributed by atoms with van der Waals surface area (Å²) >= 11 is 6.20. The number of rotatable bonds is 5. The number of halogens is 2. The fraction of sp³-hybridized carbons (Fsp3) is 0.684. The average Bonchev–Trinajstić information content (AvgIpc) is 2.57. The SMILES string of the molecule is OC1COCCC1NCCC1CCC(c2ccc(F)cc2Cl)CC1. The van der Waals surface area contributed by atoms with Gasteiger partial charge in [-0.15, -0.1) is 0 Å². The third-order valence-corrected chi connectivity index (χ3v) is 5.86. The highest BCUT2D eigenvalue weighted by atomic mass is 35.5. The quantitative estimate of drug-likeness (QED) is 0.842. The van der Waals surface area contributed by atoms with Crippen LogP contribution >= 0.6 is 11.6 Å². The molecule has 2 fully saturated rings. The summed E-state index contributed by atoms with van der Waals surface area (Å²) in [5.41, 5.74) is 1.10. The molecule has 0 amide bonds. The third-order valence-electron chi connectivity index (χ3n) is 5.53. The van der Waals surface area contributed by atoms with Crippen LogP contribution < -0.4 is 5.32 Å². The maximum atomic E-state index is 13.2. The maximum absolute atomic E-state index is 13.2. The summed E-state index contributed by atoms with van der Waals surface area (Å²) in [6, 6.07) is 4.95. The van der Waals surface area contributed by atoms with Crippen molar-refractivity contribution in [1.29, 1.82) is 0 Å². The van der Waals surface area contributed by atoms with Gasteiger partial charge in [0.15, 0.2) is 0 Å². The first-order valence-electron chi connectivity index (χ1n) is 9.07. The Labute approximate surface area is 148 Å². The van der Waals surface area contributed by atoms with Crippen LogP contribution in [0.4, 0.5) is 4.39 Å². The Morgan fingerprint density at radius 1 is 1.21 bits per heavy atom. The van der Waals surface area contributed by atoms with Crippen molar-refractivity contribution in [3.8, 4) is 0 Å². The monoisotopic (exact) mass is 355 g/mol. The minimum Gasteiger partial charge on any atom is -0.389 e. The van der Waals surface area contributed by atoms with Crippen molar-refractivity contribution in [2.45, 2.75) is 56.6 Å². The lowest BCUT2D eigenvalue weighted by molar-refractivity contribution is -0.0278. The van der Waals surface area contributed by atoms with Crippen molar-refractivity contribution < 1.29 is 14.2 Å². The number of ether oxygens (including phenoxy) is 1. The summed E-state index contributed by atoms with van der Waals surface area (Å²) < 4.78 is 18.4. The molecule has 2 aliphatic rings. The fourth-order valence-electron chi connectivity index (χ4n) is 4.03. The molecule has 2 N–H and O–H groups in total. The Hall–Kier alpha value is -0.680. The molecule has 1 saturated heterocycles. The average molecular weight is 356 g/mol. The van der Waals surface area contributed by atoms with Crippen molar-refractivity contribution in [1.82, 2.24) is 5.32 Å². The lowest BCUT2D eigenvalue weighted by atomic mass is 9.77. The smallest absolute Gasteiger partial charge is 0.124 e. The molecule has 3 nitrogen and oxygen atoms in total. The minimum absolute atomic E-state index is 0.174. The van der Waals surface area contributed by atoms with Crippen LogP contribution in [0.15, 0.2) is 18.2 Å². The Bertz CT molecular complexity index is 534. The van der Waals surface area contributed by atoms with Gasteiger partial charge in [0, 0.05) is 17.7 Å². The van der Waals surface area contributed by atoms with Gasteiger partial charge in [-0.25, -0.2) is 4.39 Å². The number of nitrogens with one attached hydrogen (secondary N) is 1. The summed E-state index contributed by atoms with van der Waals surface area (Å²) in [4.78, 5) is 0. The van der Waals surface area contributed by atoms with Gasteiger partial charge in [0.05, 0.1) is 12.7 Å². The first-order chi connectivity index (χ1) is 11.6. The zero-order valence-corrected chi connectivity index (χ0v) is 14.8. The molecule has 5 heteroatoms. The van der Waals surface area contributed by atoms with Crippen LogP contribution in [0.5, 0.6) is 0 Å². The van der Waals surface area contributed by atoms with Crippen molar-refractivity contribution in [2.75, 3.05) is 19.8 Å². The Morgan fingerprint density at radius 3 is 2.71 bits per heavy atom. The lowest BCUT2D eigenvalue weighted by Gasteiger charge is -2.31. The molecule has 1 saturated carbocycles. The highest BCUT2D eigenvalue weighted by Crippen LogP contribution is 2.39. The van der Waals surface area contributed by atoms with Crippen molar-refractivity contribution in [3.63, 3.8) is 0 Å². The molecule has 2 atom stereocenters. The summed E-state index contributed by atoms with van der Waals surface area (Å²) in [7, 11) is 0. The van der Waals surface area contributed by atoms with E-state index in [2.05, 4.69) is 5.32 Å². The van der Waals surface area contributed by atoms with Crippen LogP contribution in [-0.2, 0) is 4.74 Å². The molecule has 1 aliphatic heterocycles. The van der Waals surface area contributed by atoms with E-state index in [1.807, 2.05) is 6.07 Å². The van der Waals surface area contributed by atoms with Gasteiger partial charge in [0.25, 0.3) is 0 Å². The first-order valence-corrected chi connectivity index (χ1v) is 9.45. The highest BCUT2D eigenvalue weighted by molar-refractivity contribution is 6.31. The van der Waals surface area contributed by atoms with E-state index >= 15 is 0 Å². The summed E-state index contributed by atoms with van der Waals surface area (Å²) in [6.45, 7) is 2.13. The largest absolute Gasteiger partial charge is 0.389 e. The standard InChI is InChI=1S/C19H27ClFNO2/c20-17-11-15(21)5-6-16(17)14-3-1-13(2-4-14)7-9-22-18-8-10-24-12-19(18)23/h5-6,11,13-14,18-19,22-23H,1-4,7-10,12H2. The molecule has 24 heavy (non-hydrogen) atoms. The zero-order chi connectivity index (χ0) is 16.9. The Balaban J connectivity index is 1.40. The maximum Gasteiger partial charge on any atom is 0.124 e. The molecular weight excluding hydrogens is 329 g/mol. The summed E-state index contributed by atoms with van der Waals surface area (Å²) in [5, 5.41) is 13.9. The number of aliphatic hydroxyl groups is 1. The summed E-state index contributed by atoms with van der Waals surface area (Å²) in [6.07, 6.45) is 6.28. The van der Waals surface area contributed by atoms with E-state index in [1.165, 1.54) is 25.0 Å². The molecule has 1 aromatic rings. The van der Waals surface area contributed by atoms with Crippen molar-refractivity contribution in [2.24, 2.45) is 5.92 Å². The van der Waals surface area contributed by atoms with Gasteiger partial charge in [0.2, 0.25) is 0 Å². The first kappa shape index (κ1) is 18.1. The third kappa shape index (κ3) is 4.69. The van der Waals surface area contributed by atoms with Gasteiger partial charge in [0.1, 0.15) is 5.82 Å². The van der Waals surface area contributed by atoms with Crippen LogP contribution in [-0.4, -0.2) is 37.0 Å². The molecule has 3 rings (SSSR count). The van der Waals surface area contributed by atoms with Crippen LogP contribution in [0.3, 0.4) is 0 Å². The van der Waals surface area contributed by atoms with Crippen molar-refractivity contribution >= 4 is 11.6 Å². The Morgan fingerprint density at radius 2 is 2.00 bits per heavy atom. The number of hydrogen-bond donors (Lipinski definition) is 2. The van der Waals surface area contributed by atoms with E-state index in [0.717, 1.165) is 50.3 Å². The van der Waals surface area contributed by atoms with Gasteiger partial charge in [-0.05, 0) is 74.6 Å². The predicted octanol–water partition coefficient (Wildman–Crippen LogP) is 3.88. The lowest BCUT2D eigenvalue weighted by Crippen LogP contribution is -2.46. The normalized spacial score (nSPS) is 31.1. The molecule has 0 spiro atoms. The van der Waals surface area contributed by atoms with E-state index in [0.29, 0.717) is 17.5 Å². The molecular formula is C19H27ClFNO2. The molecule has 0 radical (unpaired) electrons. The van der Waals surface area contributed by atoms with Crippen LogP contribution in [0.25, 0.3) is 0 Å². The van der Waals surface area contributed by atoms with E-state index in [1.54, 1.807) is 0 Å². The fourth-order valence-corrected chi connectivity index (χ4v) is 4.35. The second-order valence-corrected chi connectivity index (χ2v) is 7.57. The molecule has 0 bridgehead atoms. The van der Waals surface area contributed by atoms with E-state index in [4.69, 9.17) is 16.3 Å². The number of hydrogen-bond acceptors (Lipinski definition) is 3. The van der Waals surface area contributed by atoms with Crippen LogP contribution in [0.2, 0.25) is 5.02 Å². The number of aliphatic hydroxyl groups excluding tert-OH is 1. The minimum atomic E-state index is -0.380. The molecule has 1 aliphatic carbocycles. The Kier molecular flexibility index (Phi) is 6.50. The van der Waals surface area contributed by atoms with E-state index in [-0.39, 0.29) is 18.0 Å². The van der Waals surface area contributed by atoms with Gasteiger partial charge < -0.3 is 15.2 Å². The second-order valence-electron chi connectivity index (χ2n) is 7.16.